The molecule has 0 bridgehead atoms. The van der Waals surface area contributed by atoms with Crippen molar-refractivity contribution >= 4 is 6.09 Å². The molecule has 16 heavy (non-hydrogen) atoms. The number of carboxylic acid groups (broad SMARTS) is 1. The summed E-state index contributed by atoms with van der Waals surface area (Å²) in [5.41, 5.74) is 0. The summed E-state index contributed by atoms with van der Waals surface area (Å²) < 4.78 is 5.24. The molecule has 0 spiro atoms. The Morgan fingerprint density at radius 3 is 2.44 bits per heavy atom. The van der Waals surface area contributed by atoms with Gasteiger partial charge < -0.3 is 20.3 Å². The average Bonchev–Trinajstić information content (AvgIpc) is 2.29. The molecule has 1 aromatic carbocycles. The number of benzene rings is 1. The van der Waals surface area contributed by atoms with Crippen LogP contribution in [-0.4, -0.2) is 30.0 Å². The van der Waals surface area contributed by atoms with E-state index in [0.717, 1.165) is 6.42 Å². The highest BCUT2D eigenvalue weighted by molar-refractivity contribution is 5.63. The Morgan fingerprint density at radius 2 is 2.00 bits per heavy atom. The molecular formula is C11H17NO4. The highest BCUT2D eigenvalue weighted by Crippen LogP contribution is 2.24. The fourth-order valence-electron chi connectivity index (χ4n) is 0.791. The normalized spacial score (nSPS) is 8.62. The maximum absolute atomic E-state index is 9.26. The summed E-state index contributed by atoms with van der Waals surface area (Å²) >= 11 is 0. The van der Waals surface area contributed by atoms with Crippen molar-refractivity contribution in [1.29, 1.82) is 0 Å². The quantitative estimate of drug-likeness (QED) is 0.738. The molecule has 0 aliphatic heterocycles. The predicted octanol–water partition coefficient (Wildman–Crippen LogP) is 2.06. The molecule has 0 atom stereocenters. The van der Waals surface area contributed by atoms with Crippen LogP contribution in [0.1, 0.15) is 13.3 Å². The van der Waals surface area contributed by atoms with E-state index in [1.54, 1.807) is 18.2 Å². The molecule has 5 heteroatoms. The van der Waals surface area contributed by atoms with Crippen molar-refractivity contribution in [1.82, 2.24) is 5.32 Å². The molecule has 0 heterocycles. The fourth-order valence-corrected chi connectivity index (χ4v) is 0.791. The molecule has 0 saturated heterocycles. The summed E-state index contributed by atoms with van der Waals surface area (Å²) in [6.07, 6.45) is -0.0427. The minimum atomic E-state index is -0.995. The van der Waals surface area contributed by atoms with Crippen LogP contribution >= 0.6 is 0 Å². The van der Waals surface area contributed by atoms with Crippen molar-refractivity contribution in [2.75, 3.05) is 13.7 Å². The summed E-state index contributed by atoms with van der Waals surface area (Å²) in [6, 6.07) is 6.98. The number of para-hydroxylation sites is 2. The Balaban J connectivity index is 0.000000385. The van der Waals surface area contributed by atoms with Crippen molar-refractivity contribution in [3.63, 3.8) is 0 Å². The van der Waals surface area contributed by atoms with Crippen LogP contribution in [-0.2, 0) is 0 Å². The van der Waals surface area contributed by atoms with Crippen LogP contribution in [0.15, 0.2) is 24.3 Å². The molecule has 0 aliphatic carbocycles. The summed E-state index contributed by atoms with van der Waals surface area (Å²) in [5, 5.41) is 18.8. The SMILES string of the molecule is CCCOc1ccccc1O.CNC(=O)O. The molecule has 0 radical (unpaired) electrons. The molecule has 0 aliphatic rings. The van der Waals surface area contributed by atoms with E-state index in [2.05, 4.69) is 0 Å². The van der Waals surface area contributed by atoms with Gasteiger partial charge >= 0.3 is 6.09 Å². The molecule has 3 N–H and O–H groups in total. The number of rotatable bonds is 3. The summed E-state index contributed by atoms with van der Waals surface area (Å²) in [4.78, 5) is 9.26. The predicted molar refractivity (Wildman–Crippen MR) is 61.0 cm³/mol. The third-order valence-electron chi connectivity index (χ3n) is 1.54. The number of ether oxygens (including phenoxy) is 1. The number of phenols is 1. The van der Waals surface area contributed by atoms with E-state index < -0.39 is 6.09 Å². The fraction of sp³-hybridized carbons (Fsp3) is 0.364. The smallest absolute Gasteiger partial charge is 0.404 e. The van der Waals surface area contributed by atoms with Gasteiger partial charge in [-0.3, -0.25) is 0 Å². The number of aromatic hydroxyl groups is 1. The Morgan fingerprint density at radius 1 is 1.44 bits per heavy atom. The zero-order chi connectivity index (χ0) is 12.4. The van der Waals surface area contributed by atoms with Crippen LogP contribution in [0.3, 0.4) is 0 Å². The van der Waals surface area contributed by atoms with Crippen LogP contribution < -0.4 is 10.1 Å². The number of phenolic OH excluding ortho intramolecular Hbond substituents is 1. The van der Waals surface area contributed by atoms with E-state index in [4.69, 9.17) is 9.84 Å². The van der Waals surface area contributed by atoms with Crippen LogP contribution in [0.2, 0.25) is 0 Å². The molecule has 1 amide bonds. The number of nitrogens with one attached hydrogen (secondary N) is 1. The highest BCUT2D eigenvalue weighted by atomic mass is 16.5. The molecule has 5 nitrogen and oxygen atoms in total. The van der Waals surface area contributed by atoms with Crippen LogP contribution in [0.25, 0.3) is 0 Å². The van der Waals surface area contributed by atoms with Gasteiger partial charge in [0.05, 0.1) is 6.61 Å². The summed E-state index contributed by atoms with van der Waals surface area (Å²) in [7, 11) is 1.35. The van der Waals surface area contributed by atoms with Crippen molar-refractivity contribution in [3.05, 3.63) is 24.3 Å². The first kappa shape index (κ1) is 14.1. The van der Waals surface area contributed by atoms with Crippen molar-refractivity contribution in [2.45, 2.75) is 13.3 Å². The van der Waals surface area contributed by atoms with Gasteiger partial charge in [0, 0.05) is 7.05 Å². The van der Waals surface area contributed by atoms with Crippen molar-refractivity contribution in [3.8, 4) is 11.5 Å². The number of hydrogen-bond acceptors (Lipinski definition) is 3. The lowest BCUT2D eigenvalue weighted by atomic mass is 10.3. The van der Waals surface area contributed by atoms with E-state index in [1.165, 1.54) is 7.05 Å². The molecule has 0 unspecified atom stereocenters. The zero-order valence-electron chi connectivity index (χ0n) is 9.43. The van der Waals surface area contributed by atoms with Gasteiger partial charge in [-0.05, 0) is 18.6 Å². The molecule has 0 aromatic heterocycles. The second-order valence-corrected chi connectivity index (χ2v) is 2.87. The third-order valence-corrected chi connectivity index (χ3v) is 1.54. The van der Waals surface area contributed by atoms with Gasteiger partial charge in [-0.25, -0.2) is 4.79 Å². The van der Waals surface area contributed by atoms with Crippen molar-refractivity contribution in [2.24, 2.45) is 0 Å². The largest absolute Gasteiger partial charge is 0.504 e. The number of amides is 1. The maximum atomic E-state index is 9.26. The first-order valence-corrected chi connectivity index (χ1v) is 4.93. The molecule has 0 saturated carbocycles. The monoisotopic (exact) mass is 227 g/mol. The van der Waals surface area contributed by atoms with Gasteiger partial charge in [-0.2, -0.15) is 0 Å². The Bertz CT molecular complexity index is 315. The lowest BCUT2D eigenvalue weighted by molar-refractivity contribution is 0.197. The molecule has 90 valence electrons. The van der Waals surface area contributed by atoms with Gasteiger partial charge in [0.25, 0.3) is 0 Å². The van der Waals surface area contributed by atoms with E-state index in [0.29, 0.717) is 12.4 Å². The Labute approximate surface area is 94.7 Å². The van der Waals surface area contributed by atoms with Crippen LogP contribution in [0, 0.1) is 0 Å². The highest BCUT2D eigenvalue weighted by Gasteiger charge is 1.97. The molecule has 1 aromatic rings. The standard InChI is InChI=1S/C9H12O2.C2H5NO2/c1-2-7-11-9-6-4-3-5-8(9)10;1-3-2(4)5/h3-6,10H,2,7H2,1H3;3H,1H3,(H,4,5). The minimum absolute atomic E-state index is 0.209. The van der Waals surface area contributed by atoms with E-state index in [-0.39, 0.29) is 5.75 Å². The van der Waals surface area contributed by atoms with Gasteiger partial charge in [-0.15, -0.1) is 0 Å². The van der Waals surface area contributed by atoms with Gasteiger partial charge in [0.1, 0.15) is 0 Å². The zero-order valence-corrected chi connectivity index (χ0v) is 9.43. The van der Waals surface area contributed by atoms with Gasteiger partial charge in [0.15, 0.2) is 11.5 Å². The Kier molecular flexibility index (Phi) is 7.40. The molecule has 0 fully saturated rings. The second kappa shape index (κ2) is 8.40. The lowest BCUT2D eigenvalue weighted by Crippen LogP contribution is -2.13. The van der Waals surface area contributed by atoms with Crippen LogP contribution in [0.5, 0.6) is 11.5 Å². The van der Waals surface area contributed by atoms with E-state index in [9.17, 15) is 9.90 Å². The topological polar surface area (TPSA) is 78.8 Å². The van der Waals surface area contributed by atoms with Crippen molar-refractivity contribution < 1.29 is 19.7 Å². The number of carbonyl (C=O) groups is 1. The first-order valence-electron chi connectivity index (χ1n) is 4.93. The second-order valence-electron chi connectivity index (χ2n) is 2.87. The van der Waals surface area contributed by atoms with Crippen LogP contribution in [0.4, 0.5) is 4.79 Å². The average molecular weight is 227 g/mol. The third kappa shape index (κ3) is 6.53. The Hall–Kier alpha value is -1.91. The first-order chi connectivity index (χ1) is 7.61. The summed E-state index contributed by atoms with van der Waals surface area (Å²) in [5.74, 6) is 0.773. The number of hydrogen-bond donors (Lipinski definition) is 3. The molecular weight excluding hydrogens is 210 g/mol. The molecule has 1 rings (SSSR count). The summed E-state index contributed by atoms with van der Waals surface area (Å²) in [6.45, 7) is 2.68. The van der Waals surface area contributed by atoms with Gasteiger partial charge in [0.2, 0.25) is 0 Å². The minimum Gasteiger partial charge on any atom is -0.504 e. The lowest BCUT2D eigenvalue weighted by Gasteiger charge is -2.04. The maximum Gasteiger partial charge on any atom is 0.404 e. The van der Waals surface area contributed by atoms with E-state index in [1.807, 2.05) is 18.3 Å². The van der Waals surface area contributed by atoms with Gasteiger partial charge in [-0.1, -0.05) is 19.1 Å². The van der Waals surface area contributed by atoms with E-state index >= 15 is 0 Å².